The molecule has 0 saturated carbocycles. The van der Waals surface area contributed by atoms with Crippen LogP contribution in [-0.4, -0.2) is 67.4 Å². The van der Waals surface area contributed by atoms with Crippen LogP contribution >= 0.6 is 35.6 Å². The van der Waals surface area contributed by atoms with Crippen LogP contribution in [0.4, 0.5) is 0 Å². The zero-order valence-corrected chi connectivity index (χ0v) is 20.4. The molecule has 3 heterocycles. The standard InChI is InChI=1S/C21H33ClN4O2.HI/c1-2-23-21(24-11-8-17-6-7-20(22)25-15-17)26-12-9-18(10-13-26)28-16-19-5-3-4-14-27-19;/h6-7,15,18-19H,2-5,8-14,16H2,1H3,(H,23,24);1H. The number of aliphatic imine (C=N–C) groups is 1. The number of rotatable bonds is 7. The summed E-state index contributed by atoms with van der Waals surface area (Å²) in [5, 5.41) is 3.95. The largest absolute Gasteiger partial charge is 0.376 e. The summed E-state index contributed by atoms with van der Waals surface area (Å²) in [7, 11) is 0. The first-order chi connectivity index (χ1) is 13.7. The van der Waals surface area contributed by atoms with Gasteiger partial charge in [-0.3, -0.25) is 4.99 Å². The number of nitrogens with zero attached hydrogens (tertiary/aromatic N) is 3. The molecule has 0 aliphatic carbocycles. The van der Waals surface area contributed by atoms with Crippen molar-refractivity contribution in [3.8, 4) is 0 Å². The highest BCUT2D eigenvalue weighted by atomic mass is 127. The molecule has 8 heteroatoms. The molecule has 0 amide bonds. The van der Waals surface area contributed by atoms with Crippen LogP contribution in [0.15, 0.2) is 23.3 Å². The number of piperidine rings is 1. The Labute approximate surface area is 196 Å². The summed E-state index contributed by atoms with van der Waals surface area (Å²) >= 11 is 5.84. The van der Waals surface area contributed by atoms with Gasteiger partial charge >= 0.3 is 0 Å². The summed E-state index contributed by atoms with van der Waals surface area (Å²) in [6.45, 7) is 7.31. The Morgan fingerprint density at radius 3 is 2.79 bits per heavy atom. The summed E-state index contributed by atoms with van der Waals surface area (Å²) in [5.41, 5.74) is 1.15. The first-order valence-corrected chi connectivity index (χ1v) is 11.0. The fourth-order valence-corrected chi connectivity index (χ4v) is 3.80. The number of hydrogen-bond acceptors (Lipinski definition) is 4. The van der Waals surface area contributed by atoms with E-state index in [2.05, 4.69) is 22.1 Å². The number of pyridine rings is 1. The normalized spacial score (nSPS) is 21.0. The van der Waals surface area contributed by atoms with E-state index in [1.54, 1.807) is 0 Å². The summed E-state index contributed by atoms with van der Waals surface area (Å²) in [5.74, 6) is 0.999. The topological polar surface area (TPSA) is 59.0 Å². The van der Waals surface area contributed by atoms with Crippen molar-refractivity contribution in [3.05, 3.63) is 29.0 Å². The lowest BCUT2D eigenvalue weighted by molar-refractivity contribution is -0.0721. The number of halogens is 2. The summed E-state index contributed by atoms with van der Waals surface area (Å²) in [6, 6.07) is 3.84. The minimum Gasteiger partial charge on any atom is -0.376 e. The molecule has 2 fully saturated rings. The van der Waals surface area contributed by atoms with Crippen LogP contribution < -0.4 is 5.32 Å². The predicted octanol–water partition coefficient (Wildman–Crippen LogP) is 3.91. The van der Waals surface area contributed by atoms with Gasteiger partial charge in [-0.25, -0.2) is 4.98 Å². The maximum Gasteiger partial charge on any atom is 0.193 e. The number of guanidine groups is 1. The predicted molar refractivity (Wildman–Crippen MR) is 128 cm³/mol. The molecule has 1 aromatic rings. The van der Waals surface area contributed by atoms with Gasteiger partial charge in [-0.1, -0.05) is 17.7 Å². The number of hydrogen-bond donors (Lipinski definition) is 1. The van der Waals surface area contributed by atoms with E-state index in [-0.39, 0.29) is 24.0 Å². The molecule has 0 bridgehead atoms. The molecule has 2 saturated heterocycles. The highest BCUT2D eigenvalue weighted by molar-refractivity contribution is 14.0. The van der Waals surface area contributed by atoms with Crippen molar-refractivity contribution in [3.63, 3.8) is 0 Å². The number of likely N-dealkylation sites (tertiary alicyclic amines) is 1. The summed E-state index contributed by atoms with van der Waals surface area (Å²) in [6.07, 6.45) is 8.99. The van der Waals surface area contributed by atoms with Crippen molar-refractivity contribution in [1.29, 1.82) is 0 Å². The number of ether oxygens (including phenoxy) is 2. The Morgan fingerprint density at radius 1 is 1.31 bits per heavy atom. The molecule has 1 unspecified atom stereocenters. The van der Waals surface area contributed by atoms with Gasteiger partial charge < -0.3 is 19.7 Å². The van der Waals surface area contributed by atoms with Crippen LogP contribution in [0.5, 0.6) is 0 Å². The van der Waals surface area contributed by atoms with E-state index in [0.29, 0.717) is 17.4 Å². The Kier molecular flexibility index (Phi) is 11.6. The Bertz CT molecular complexity index is 603. The highest BCUT2D eigenvalue weighted by Gasteiger charge is 2.23. The van der Waals surface area contributed by atoms with E-state index in [1.165, 1.54) is 12.8 Å². The van der Waals surface area contributed by atoms with Crippen LogP contribution in [0.25, 0.3) is 0 Å². The fourth-order valence-electron chi connectivity index (χ4n) is 3.69. The molecule has 29 heavy (non-hydrogen) atoms. The third kappa shape index (κ3) is 8.55. The van der Waals surface area contributed by atoms with Gasteiger partial charge in [0.05, 0.1) is 18.8 Å². The van der Waals surface area contributed by atoms with Crippen LogP contribution in [0.2, 0.25) is 5.15 Å². The number of aromatic nitrogens is 1. The second-order valence-corrected chi connectivity index (χ2v) is 7.87. The molecule has 0 aromatic carbocycles. The molecule has 1 N–H and O–H groups in total. The third-order valence-corrected chi connectivity index (χ3v) is 5.54. The van der Waals surface area contributed by atoms with E-state index >= 15 is 0 Å². The van der Waals surface area contributed by atoms with E-state index in [9.17, 15) is 0 Å². The molecule has 2 aliphatic rings. The van der Waals surface area contributed by atoms with Crippen LogP contribution in [0.3, 0.4) is 0 Å². The maximum atomic E-state index is 6.13. The highest BCUT2D eigenvalue weighted by Crippen LogP contribution is 2.18. The monoisotopic (exact) mass is 536 g/mol. The van der Waals surface area contributed by atoms with Gasteiger partial charge in [-0.2, -0.15) is 0 Å². The second-order valence-electron chi connectivity index (χ2n) is 7.48. The smallest absolute Gasteiger partial charge is 0.193 e. The molecule has 6 nitrogen and oxygen atoms in total. The van der Waals surface area contributed by atoms with Crippen LogP contribution in [0, 0.1) is 0 Å². The van der Waals surface area contributed by atoms with Gasteiger partial charge in [0.15, 0.2) is 5.96 Å². The van der Waals surface area contributed by atoms with Crippen molar-refractivity contribution in [1.82, 2.24) is 15.2 Å². The molecule has 1 aromatic heterocycles. The SMILES string of the molecule is CCNC(=NCCc1ccc(Cl)nc1)N1CCC(OCC2CCCCO2)CC1.I. The zero-order valence-electron chi connectivity index (χ0n) is 17.3. The van der Waals surface area contributed by atoms with E-state index in [1.807, 2.05) is 18.3 Å². The molecule has 2 aliphatic heterocycles. The molecular weight excluding hydrogens is 503 g/mol. The maximum absolute atomic E-state index is 6.13. The Morgan fingerprint density at radius 2 is 2.14 bits per heavy atom. The lowest BCUT2D eigenvalue weighted by Gasteiger charge is -2.35. The van der Waals surface area contributed by atoms with E-state index in [0.717, 1.165) is 76.6 Å². The van der Waals surface area contributed by atoms with Gasteiger partial charge in [0.1, 0.15) is 5.15 Å². The molecular formula is C21H34ClIN4O2. The van der Waals surface area contributed by atoms with E-state index in [4.69, 9.17) is 26.1 Å². The summed E-state index contributed by atoms with van der Waals surface area (Å²) in [4.78, 5) is 11.3. The van der Waals surface area contributed by atoms with Crippen molar-refractivity contribution < 1.29 is 9.47 Å². The van der Waals surface area contributed by atoms with Gasteiger partial charge in [-0.15, -0.1) is 24.0 Å². The number of nitrogens with one attached hydrogen (secondary N) is 1. The molecule has 0 radical (unpaired) electrons. The average Bonchev–Trinajstić information content (AvgIpc) is 2.74. The quantitative estimate of drug-likeness (QED) is 0.248. The Balaban J connectivity index is 0.00000300. The third-order valence-electron chi connectivity index (χ3n) is 5.32. The molecule has 1 atom stereocenters. The lowest BCUT2D eigenvalue weighted by atomic mass is 10.1. The summed E-state index contributed by atoms with van der Waals surface area (Å²) < 4.78 is 11.9. The van der Waals surface area contributed by atoms with E-state index < -0.39 is 0 Å². The lowest BCUT2D eigenvalue weighted by Crippen LogP contribution is -2.47. The zero-order chi connectivity index (χ0) is 19.6. The molecule has 3 rings (SSSR count). The van der Waals surface area contributed by atoms with Gasteiger partial charge in [0.2, 0.25) is 0 Å². The van der Waals surface area contributed by atoms with Crippen molar-refractivity contribution in [2.24, 2.45) is 4.99 Å². The van der Waals surface area contributed by atoms with Crippen LogP contribution in [0.1, 0.15) is 44.6 Å². The Hall–Kier alpha value is -0.640. The average molecular weight is 537 g/mol. The first kappa shape index (κ1) is 24.6. The van der Waals surface area contributed by atoms with Gasteiger partial charge in [-0.05, 0) is 57.1 Å². The minimum absolute atomic E-state index is 0. The first-order valence-electron chi connectivity index (χ1n) is 10.6. The van der Waals surface area contributed by atoms with Crippen molar-refractivity contribution in [2.75, 3.05) is 39.4 Å². The van der Waals surface area contributed by atoms with Gasteiger partial charge in [0.25, 0.3) is 0 Å². The van der Waals surface area contributed by atoms with Crippen molar-refractivity contribution in [2.45, 2.75) is 57.7 Å². The second kappa shape index (κ2) is 13.6. The van der Waals surface area contributed by atoms with Crippen LogP contribution in [-0.2, 0) is 15.9 Å². The fraction of sp³-hybridized carbons (Fsp3) is 0.714. The van der Waals surface area contributed by atoms with Crippen molar-refractivity contribution >= 4 is 41.5 Å². The minimum atomic E-state index is 0. The molecule has 164 valence electrons. The van der Waals surface area contributed by atoms with Gasteiger partial charge in [0, 0.05) is 39.0 Å². The molecule has 0 spiro atoms.